The number of fused-ring (bicyclic) bond motifs is 3. The number of aliphatic imine (C=N–C) groups is 1. The van der Waals surface area contributed by atoms with Crippen LogP contribution in [-0.4, -0.2) is 30.8 Å². The molecule has 2 heterocycles. The molecule has 2 N–H and O–H groups in total. The molecule has 154 valence electrons. The molecule has 2 spiro atoms. The van der Waals surface area contributed by atoms with E-state index in [0.29, 0.717) is 5.56 Å². The predicted octanol–water partition coefficient (Wildman–Crippen LogP) is 3.68. The van der Waals surface area contributed by atoms with E-state index >= 15 is 0 Å². The van der Waals surface area contributed by atoms with Crippen molar-refractivity contribution >= 4 is 6.02 Å². The molecule has 0 amide bonds. The Morgan fingerprint density at radius 2 is 2.07 bits per heavy atom. The van der Waals surface area contributed by atoms with Gasteiger partial charge in [0.25, 0.3) is 6.02 Å². The smallest absolute Gasteiger partial charge is 0.282 e. The molecule has 6 heteroatoms. The topological polar surface area (TPSA) is 93.5 Å². The number of nitrogens with zero attached hydrogens (tertiary/aromatic N) is 3. The minimum Gasteiger partial charge on any atom is -0.465 e. The van der Waals surface area contributed by atoms with Crippen molar-refractivity contribution in [1.29, 1.82) is 5.26 Å². The monoisotopic (exact) mass is 404 g/mol. The Hall–Kier alpha value is -2.91. The molecular formula is C24H26N4O2. The highest BCUT2D eigenvalue weighted by Crippen LogP contribution is 2.62. The minimum atomic E-state index is -1.91. The highest BCUT2D eigenvalue weighted by Gasteiger charge is 2.59. The van der Waals surface area contributed by atoms with Gasteiger partial charge in [-0.15, -0.1) is 0 Å². The van der Waals surface area contributed by atoms with Gasteiger partial charge in [0.15, 0.2) is 0 Å². The van der Waals surface area contributed by atoms with E-state index in [1.54, 1.807) is 19.5 Å². The molecule has 1 aromatic heterocycles. The van der Waals surface area contributed by atoms with Crippen LogP contribution in [0.2, 0.25) is 0 Å². The fourth-order valence-corrected chi connectivity index (χ4v) is 5.65. The van der Waals surface area contributed by atoms with Crippen LogP contribution < -0.4 is 5.73 Å². The van der Waals surface area contributed by atoms with Gasteiger partial charge in [-0.2, -0.15) is 5.26 Å². The van der Waals surface area contributed by atoms with Crippen LogP contribution >= 0.6 is 0 Å². The quantitative estimate of drug-likeness (QED) is 0.824. The first kappa shape index (κ1) is 16.8. The molecule has 1 saturated carbocycles. The van der Waals surface area contributed by atoms with Crippen LogP contribution in [0.3, 0.4) is 0 Å². The molecular weight excluding hydrogens is 376 g/mol. The third kappa shape index (κ3) is 2.80. The van der Waals surface area contributed by atoms with Gasteiger partial charge >= 0.3 is 0 Å². The van der Waals surface area contributed by atoms with Crippen molar-refractivity contribution in [2.24, 2.45) is 16.1 Å². The van der Waals surface area contributed by atoms with E-state index in [9.17, 15) is 5.26 Å². The van der Waals surface area contributed by atoms with Gasteiger partial charge < -0.3 is 15.2 Å². The maximum atomic E-state index is 9.27. The molecule has 0 radical (unpaired) electrons. The standard InChI is InChI=1S/C24H26N4O2/c1-29-20-4-6-23(7-5-20)12-18-3-2-17(19-10-16(13-25)14-27-15-19)11-21(18)24(23)8-9-30-22(26)28-24/h2-3,10-11,14-15,20H,4-9,12H2,1H3,(H2,26,28)/i9D2. The largest absolute Gasteiger partial charge is 0.465 e. The first-order chi connectivity index (χ1) is 15.3. The number of benzene rings is 1. The maximum Gasteiger partial charge on any atom is 0.282 e. The van der Waals surface area contributed by atoms with Gasteiger partial charge in [-0.05, 0) is 60.9 Å². The van der Waals surface area contributed by atoms with Gasteiger partial charge in [0, 0.05) is 36.9 Å². The number of methoxy groups -OCH3 is 1. The van der Waals surface area contributed by atoms with Crippen molar-refractivity contribution in [1.82, 2.24) is 4.98 Å². The van der Waals surface area contributed by atoms with Crippen molar-refractivity contribution in [3.05, 3.63) is 53.3 Å². The summed E-state index contributed by atoms with van der Waals surface area (Å²) in [5, 5.41) is 9.27. The van der Waals surface area contributed by atoms with Crippen LogP contribution in [0.4, 0.5) is 0 Å². The van der Waals surface area contributed by atoms with E-state index in [4.69, 9.17) is 22.9 Å². The third-order valence-corrected chi connectivity index (χ3v) is 7.19. The van der Waals surface area contributed by atoms with Crippen LogP contribution in [0.5, 0.6) is 0 Å². The Morgan fingerprint density at radius 1 is 1.23 bits per heavy atom. The lowest BCUT2D eigenvalue weighted by Crippen LogP contribution is -2.49. The van der Waals surface area contributed by atoms with Gasteiger partial charge in [0.2, 0.25) is 0 Å². The van der Waals surface area contributed by atoms with Gasteiger partial charge in [-0.1, -0.05) is 12.1 Å². The Kier molecular flexibility index (Phi) is 3.99. The van der Waals surface area contributed by atoms with Gasteiger partial charge in [0.1, 0.15) is 11.6 Å². The summed E-state index contributed by atoms with van der Waals surface area (Å²) in [6, 6.07) is 10.1. The molecule has 0 saturated heterocycles. The summed E-state index contributed by atoms with van der Waals surface area (Å²) in [6.45, 7) is -1.91. The van der Waals surface area contributed by atoms with Gasteiger partial charge in [0.05, 0.1) is 21.0 Å². The summed E-state index contributed by atoms with van der Waals surface area (Å²) >= 11 is 0. The summed E-state index contributed by atoms with van der Waals surface area (Å²) in [5.41, 5.74) is 9.47. The molecule has 30 heavy (non-hydrogen) atoms. The van der Waals surface area contributed by atoms with E-state index in [2.05, 4.69) is 23.2 Å². The molecule has 3 aliphatic rings. The molecule has 1 atom stereocenters. The van der Waals surface area contributed by atoms with E-state index in [0.717, 1.165) is 48.8 Å². The van der Waals surface area contributed by atoms with Gasteiger partial charge in [-0.3, -0.25) is 4.98 Å². The normalized spacial score (nSPS) is 32.5. The molecule has 1 aliphatic heterocycles. The molecule has 1 unspecified atom stereocenters. The summed E-state index contributed by atoms with van der Waals surface area (Å²) < 4.78 is 27.8. The van der Waals surface area contributed by atoms with Crippen LogP contribution in [0, 0.1) is 16.7 Å². The number of nitrogens with two attached hydrogens (primary N) is 1. The number of ether oxygens (including phenoxy) is 2. The molecule has 6 nitrogen and oxygen atoms in total. The number of aromatic nitrogens is 1. The number of pyridine rings is 1. The number of hydrogen-bond donors (Lipinski definition) is 1. The fourth-order valence-electron chi connectivity index (χ4n) is 5.65. The minimum absolute atomic E-state index is 0.0964. The van der Waals surface area contributed by atoms with E-state index < -0.39 is 12.1 Å². The maximum absolute atomic E-state index is 9.27. The molecule has 1 fully saturated rings. The van der Waals surface area contributed by atoms with Crippen LogP contribution in [0.1, 0.15) is 51.5 Å². The lowest BCUT2D eigenvalue weighted by atomic mass is 9.60. The van der Waals surface area contributed by atoms with E-state index in [1.807, 2.05) is 12.1 Å². The lowest BCUT2D eigenvalue weighted by molar-refractivity contribution is -0.0148. The van der Waals surface area contributed by atoms with Gasteiger partial charge in [-0.25, -0.2) is 4.99 Å². The number of rotatable bonds is 2. The van der Waals surface area contributed by atoms with Crippen LogP contribution in [0.25, 0.3) is 11.1 Å². The van der Waals surface area contributed by atoms with Crippen LogP contribution in [-0.2, 0) is 21.4 Å². The molecule has 5 rings (SSSR count). The number of hydrogen-bond acceptors (Lipinski definition) is 6. The van der Waals surface area contributed by atoms with Crippen molar-refractivity contribution in [3.8, 4) is 17.2 Å². The molecule has 2 aromatic rings. The van der Waals surface area contributed by atoms with E-state index in [-0.39, 0.29) is 24.0 Å². The Morgan fingerprint density at radius 3 is 2.80 bits per heavy atom. The lowest BCUT2D eigenvalue weighted by Gasteiger charge is -2.49. The Bertz CT molecular complexity index is 1140. The first-order valence-electron chi connectivity index (χ1n) is 11.4. The SMILES string of the molecule is [2H]C1([2H])CC2(N=C(N)O1)c1cc(-c3cncc(C#N)c3)ccc1CC21CCC(OC)CC1. The molecule has 1 aromatic carbocycles. The zero-order chi connectivity index (χ0) is 22.6. The highest BCUT2D eigenvalue weighted by molar-refractivity contribution is 5.74. The summed E-state index contributed by atoms with van der Waals surface area (Å²) in [6.07, 6.45) is 8.02. The zero-order valence-corrected chi connectivity index (χ0v) is 17.0. The second kappa shape index (κ2) is 7.10. The van der Waals surface area contributed by atoms with Crippen molar-refractivity contribution < 1.29 is 12.2 Å². The average molecular weight is 405 g/mol. The average Bonchev–Trinajstić information content (AvgIpc) is 3.00. The molecule has 2 aliphatic carbocycles. The van der Waals surface area contributed by atoms with Crippen molar-refractivity contribution in [2.75, 3.05) is 13.7 Å². The van der Waals surface area contributed by atoms with E-state index in [1.165, 1.54) is 5.56 Å². The number of nitriles is 1. The predicted molar refractivity (Wildman–Crippen MR) is 114 cm³/mol. The summed E-state index contributed by atoms with van der Waals surface area (Å²) in [4.78, 5) is 9.07. The second-order valence-electron chi connectivity index (χ2n) is 8.57. The summed E-state index contributed by atoms with van der Waals surface area (Å²) in [5.74, 6) is 0. The Balaban J connectivity index is 1.67. The van der Waals surface area contributed by atoms with Crippen molar-refractivity contribution in [3.63, 3.8) is 0 Å². The number of amidine groups is 1. The fraction of sp³-hybridized carbons (Fsp3) is 0.458. The highest BCUT2D eigenvalue weighted by atomic mass is 16.5. The van der Waals surface area contributed by atoms with Crippen molar-refractivity contribution in [2.45, 2.75) is 50.2 Å². The first-order valence-corrected chi connectivity index (χ1v) is 10.4. The third-order valence-electron chi connectivity index (χ3n) is 7.19. The molecule has 0 bridgehead atoms. The second-order valence-corrected chi connectivity index (χ2v) is 8.57. The Labute approximate surface area is 179 Å². The summed E-state index contributed by atoms with van der Waals surface area (Å²) in [7, 11) is 1.75. The zero-order valence-electron chi connectivity index (χ0n) is 19.0. The van der Waals surface area contributed by atoms with Crippen LogP contribution in [0.15, 0.2) is 41.7 Å².